The van der Waals surface area contributed by atoms with Gasteiger partial charge in [0, 0.05) is 0 Å². The maximum atomic E-state index is 11.6. The molecule has 2 aliphatic rings. The average molecular weight is 274 g/mol. The smallest absolute Gasteiger partial charge is 0.328 e. The van der Waals surface area contributed by atoms with Gasteiger partial charge in [-0.05, 0) is 36.3 Å². The van der Waals surface area contributed by atoms with Gasteiger partial charge in [-0.1, -0.05) is 0 Å². The van der Waals surface area contributed by atoms with E-state index < -0.39 is 17.8 Å². The van der Waals surface area contributed by atoms with E-state index in [-0.39, 0.29) is 12.4 Å². The van der Waals surface area contributed by atoms with Crippen LogP contribution in [0.4, 0.5) is 4.79 Å². The minimum absolute atomic E-state index is 0.133. The van der Waals surface area contributed by atoms with Crippen LogP contribution >= 0.6 is 0 Å². The van der Waals surface area contributed by atoms with Gasteiger partial charge in [0.05, 0.1) is 0 Å². The van der Waals surface area contributed by atoms with Crippen molar-refractivity contribution in [1.29, 1.82) is 0 Å². The standard InChI is InChI=1S/C13H10N2O5/c1-6-2-9-10(20-5-19-9)4-7(6)3-8-11(16)14-13(18)15-12(8)17/h2-4H,5H2,1H3,(H2,14,15,16,17,18). The van der Waals surface area contributed by atoms with Crippen molar-refractivity contribution < 1.29 is 23.9 Å². The van der Waals surface area contributed by atoms with Crippen LogP contribution in [0.3, 0.4) is 0 Å². The molecule has 1 aromatic carbocycles. The van der Waals surface area contributed by atoms with E-state index in [1.54, 1.807) is 12.1 Å². The highest BCUT2D eigenvalue weighted by Gasteiger charge is 2.28. The third-order valence-corrected chi connectivity index (χ3v) is 3.00. The summed E-state index contributed by atoms with van der Waals surface area (Å²) in [6.07, 6.45) is 1.41. The molecule has 0 saturated carbocycles. The fraction of sp³-hybridized carbons (Fsp3) is 0.154. The second kappa shape index (κ2) is 4.37. The molecule has 4 amide bonds. The van der Waals surface area contributed by atoms with Gasteiger partial charge in [-0.25, -0.2) is 4.79 Å². The monoisotopic (exact) mass is 274 g/mol. The highest BCUT2D eigenvalue weighted by molar-refractivity contribution is 6.31. The second-order valence-corrected chi connectivity index (χ2v) is 4.36. The third kappa shape index (κ3) is 1.99. The Kier molecular flexibility index (Phi) is 2.67. The summed E-state index contributed by atoms with van der Waals surface area (Å²) >= 11 is 0. The van der Waals surface area contributed by atoms with Crippen LogP contribution in [-0.2, 0) is 9.59 Å². The quantitative estimate of drug-likeness (QED) is 0.573. The van der Waals surface area contributed by atoms with E-state index in [1.165, 1.54) is 6.08 Å². The van der Waals surface area contributed by atoms with Gasteiger partial charge in [0.1, 0.15) is 5.57 Å². The Morgan fingerprint density at radius 3 is 2.30 bits per heavy atom. The lowest BCUT2D eigenvalue weighted by atomic mass is 10.0. The van der Waals surface area contributed by atoms with Crippen LogP contribution in [0.25, 0.3) is 6.08 Å². The Balaban J connectivity index is 2.01. The predicted molar refractivity (Wildman–Crippen MR) is 67.0 cm³/mol. The van der Waals surface area contributed by atoms with Crippen molar-refractivity contribution in [3.63, 3.8) is 0 Å². The van der Waals surface area contributed by atoms with Crippen LogP contribution in [0.1, 0.15) is 11.1 Å². The van der Waals surface area contributed by atoms with Crippen LogP contribution in [0.5, 0.6) is 11.5 Å². The fourth-order valence-electron chi connectivity index (χ4n) is 1.98. The lowest BCUT2D eigenvalue weighted by molar-refractivity contribution is -0.123. The number of carbonyl (C=O) groups is 3. The molecule has 0 spiro atoms. The molecular formula is C13H10N2O5. The van der Waals surface area contributed by atoms with E-state index in [2.05, 4.69) is 0 Å². The SMILES string of the molecule is Cc1cc2c(cc1C=C1C(=O)NC(=O)NC1=O)OCO2. The van der Waals surface area contributed by atoms with Gasteiger partial charge in [-0.15, -0.1) is 0 Å². The van der Waals surface area contributed by atoms with E-state index in [4.69, 9.17) is 9.47 Å². The van der Waals surface area contributed by atoms with Crippen molar-refractivity contribution in [2.24, 2.45) is 0 Å². The highest BCUT2D eigenvalue weighted by Crippen LogP contribution is 2.35. The third-order valence-electron chi connectivity index (χ3n) is 3.00. The number of imide groups is 2. The first kappa shape index (κ1) is 12.2. The molecule has 3 rings (SSSR count). The summed E-state index contributed by atoms with van der Waals surface area (Å²) in [5.74, 6) is -0.279. The normalized spacial score (nSPS) is 16.9. The van der Waals surface area contributed by atoms with Crippen LogP contribution in [0.2, 0.25) is 0 Å². The van der Waals surface area contributed by atoms with Crippen molar-refractivity contribution in [3.05, 3.63) is 28.8 Å². The average Bonchev–Trinajstić information content (AvgIpc) is 2.80. The largest absolute Gasteiger partial charge is 0.454 e. The Labute approximate surface area is 113 Å². The molecule has 2 N–H and O–H groups in total. The molecule has 20 heavy (non-hydrogen) atoms. The number of hydrogen-bond acceptors (Lipinski definition) is 5. The number of hydrogen-bond donors (Lipinski definition) is 2. The van der Waals surface area contributed by atoms with Gasteiger partial charge in [0.25, 0.3) is 11.8 Å². The first-order valence-electron chi connectivity index (χ1n) is 5.83. The lowest BCUT2D eigenvalue weighted by Gasteiger charge is -2.14. The van der Waals surface area contributed by atoms with Gasteiger partial charge in [-0.3, -0.25) is 20.2 Å². The van der Waals surface area contributed by atoms with E-state index in [0.717, 1.165) is 5.56 Å². The maximum Gasteiger partial charge on any atom is 0.328 e. The van der Waals surface area contributed by atoms with Gasteiger partial charge in [0.2, 0.25) is 6.79 Å². The molecule has 0 unspecified atom stereocenters. The maximum absolute atomic E-state index is 11.6. The van der Waals surface area contributed by atoms with Gasteiger partial charge in [0.15, 0.2) is 11.5 Å². The van der Waals surface area contributed by atoms with E-state index in [1.807, 2.05) is 17.6 Å². The number of nitrogens with one attached hydrogen (secondary N) is 2. The van der Waals surface area contributed by atoms with Gasteiger partial charge < -0.3 is 9.47 Å². The number of rotatable bonds is 1. The zero-order valence-corrected chi connectivity index (χ0v) is 10.5. The molecule has 1 fully saturated rings. The van der Waals surface area contributed by atoms with Crippen LogP contribution in [-0.4, -0.2) is 24.6 Å². The molecule has 0 radical (unpaired) electrons. The number of barbiturate groups is 1. The van der Waals surface area contributed by atoms with Gasteiger partial charge >= 0.3 is 6.03 Å². The molecule has 0 bridgehead atoms. The topological polar surface area (TPSA) is 93.7 Å². The number of benzene rings is 1. The van der Waals surface area contributed by atoms with Crippen molar-refractivity contribution in [1.82, 2.24) is 10.6 Å². The first-order valence-corrected chi connectivity index (χ1v) is 5.83. The Bertz CT molecular complexity index is 656. The molecule has 0 aliphatic carbocycles. The molecule has 2 heterocycles. The minimum atomic E-state index is -0.820. The summed E-state index contributed by atoms with van der Waals surface area (Å²) in [7, 11) is 0. The zero-order chi connectivity index (χ0) is 14.3. The van der Waals surface area contributed by atoms with E-state index in [0.29, 0.717) is 17.1 Å². The van der Waals surface area contributed by atoms with Crippen LogP contribution in [0, 0.1) is 6.92 Å². The number of urea groups is 1. The highest BCUT2D eigenvalue weighted by atomic mass is 16.7. The van der Waals surface area contributed by atoms with Gasteiger partial charge in [-0.2, -0.15) is 0 Å². The van der Waals surface area contributed by atoms with Crippen molar-refractivity contribution in [2.75, 3.05) is 6.79 Å². The Morgan fingerprint density at radius 1 is 1.05 bits per heavy atom. The van der Waals surface area contributed by atoms with Crippen LogP contribution < -0.4 is 20.1 Å². The molecule has 1 saturated heterocycles. The molecule has 7 nitrogen and oxygen atoms in total. The second-order valence-electron chi connectivity index (χ2n) is 4.36. The molecular weight excluding hydrogens is 264 g/mol. The number of aryl methyl sites for hydroxylation is 1. The number of ether oxygens (including phenoxy) is 2. The molecule has 0 atom stereocenters. The summed E-state index contributed by atoms with van der Waals surface area (Å²) in [6.45, 7) is 1.96. The minimum Gasteiger partial charge on any atom is -0.454 e. The summed E-state index contributed by atoms with van der Waals surface area (Å²) in [4.78, 5) is 34.3. The number of carbonyl (C=O) groups excluding carboxylic acids is 3. The Hall–Kier alpha value is -2.83. The summed E-state index contributed by atoms with van der Waals surface area (Å²) < 4.78 is 10.5. The number of amides is 4. The predicted octanol–water partition coefficient (Wildman–Crippen LogP) is 0.473. The van der Waals surface area contributed by atoms with E-state index >= 15 is 0 Å². The lowest BCUT2D eigenvalue weighted by Crippen LogP contribution is -2.51. The van der Waals surface area contributed by atoms with E-state index in [9.17, 15) is 14.4 Å². The molecule has 102 valence electrons. The van der Waals surface area contributed by atoms with Crippen molar-refractivity contribution >= 4 is 23.9 Å². The fourth-order valence-corrected chi connectivity index (χ4v) is 1.98. The summed E-state index contributed by atoms with van der Waals surface area (Å²) in [6, 6.07) is 2.62. The van der Waals surface area contributed by atoms with Crippen molar-refractivity contribution in [2.45, 2.75) is 6.92 Å². The Morgan fingerprint density at radius 2 is 1.65 bits per heavy atom. The molecule has 7 heteroatoms. The van der Waals surface area contributed by atoms with Crippen LogP contribution in [0.15, 0.2) is 17.7 Å². The summed E-state index contributed by atoms with van der Waals surface area (Å²) in [5, 5.41) is 4.04. The first-order chi connectivity index (χ1) is 9.54. The number of fused-ring (bicyclic) bond motifs is 1. The molecule has 2 aliphatic heterocycles. The molecule has 1 aromatic rings. The molecule has 0 aromatic heterocycles. The van der Waals surface area contributed by atoms with Crippen molar-refractivity contribution in [3.8, 4) is 11.5 Å². The zero-order valence-electron chi connectivity index (χ0n) is 10.5. The summed E-state index contributed by atoms with van der Waals surface area (Å²) in [5.41, 5.74) is 1.33.